The Morgan fingerprint density at radius 1 is 1.55 bits per heavy atom. The molecule has 5 nitrogen and oxygen atoms in total. The van der Waals surface area contributed by atoms with Gasteiger partial charge in [0.15, 0.2) is 5.69 Å². The summed E-state index contributed by atoms with van der Waals surface area (Å²) in [6, 6.07) is 4.17. The fourth-order valence-corrected chi connectivity index (χ4v) is 3.29. The minimum absolute atomic E-state index is 0.0116. The summed E-state index contributed by atoms with van der Waals surface area (Å²) in [6.07, 6.45) is 4.07. The fraction of sp³-hybridized carbons (Fsp3) is 0.357. The van der Waals surface area contributed by atoms with E-state index in [0.29, 0.717) is 11.5 Å². The smallest absolute Gasteiger partial charge is 0.161 e. The van der Waals surface area contributed by atoms with E-state index in [1.807, 2.05) is 6.07 Å². The molecule has 0 bridgehead atoms. The van der Waals surface area contributed by atoms with Gasteiger partial charge in [-0.25, -0.2) is 4.98 Å². The van der Waals surface area contributed by atoms with Crippen LogP contribution >= 0.6 is 11.3 Å². The van der Waals surface area contributed by atoms with Crippen molar-refractivity contribution in [3.63, 3.8) is 0 Å². The number of nitrogens with one attached hydrogen (secondary N) is 1. The molecule has 2 atom stereocenters. The predicted molar refractivity (Wildman–Crippen MR) is 76.5 cm³/mol. The summed E-state index contributed by atoms with van der Waals surface area (Å²) in [7, 11) is 0. The Hall–Kier alpha value is -1.97. The van der Waals surface area contributed by atoms with Crippen LogP contribution in [0.2, 0.25) is 0 Å². The SMILES string of the molecule is CC(Nc1cncc(C#N)n1)C1OCCc2sccc21. The second-order valence-corrected chi connectivity index (χ2v) is 5.68. The van der Waals surface area contributed by atoms with Crippen LogP contribution in [0, 0.1) is 11.3 Å². The molecule has 1 aliphatic heterocycles. The topological polar surface area (TPSA) is 70.8 Å². The van der Waals surface area contributed by atoms with Crippen LogP contribution in [0.3, 0.4) is 0 Å². The fourth-order valence-electron chi connectivity index (χ4n) is 2.39. The highest BCUT2D eigenvalue weighted by Gasteiger charge is 2.27. The molecule has 0 spiro atoms. The quantitative estimate of drug-likeness (QED) is 0.938. The average molecular weight is 286 g/mol. The number of rotatable bonds is 3. The number of ether oxygens (including phenoxy) is 1. The molecule has 2 aromatic rings. The van der Waals surface area contributed by atoms with Gasteiger partial charge < -0.3 is 10.1 Å². The molecule has 2 unspecified atom stereocenters. The van der Waals surface area contributed by atoms with E-state index in [-0.39, 0.29) is 12.1 Å². The third kappa shape index (κ3) is 2.50. The van der Waals surface area contributed by atoms with Gasteiger partial charge in [0.1, 0.15) is 18.0 Å². The molecule has 1 aliphatic rings. The lowest BCUT2D eigenvalue weighted by atomic mass is 10.0. The first-order chi connectivity index (χ1) is 9.78. The van der Waals surface area contributed by atoms with Gasteiger partial charge in [-0.3, -0.25) is 4.98 Å². The zero-order valence-electron chi connectivity index (χ0n) is 11.0. The first kappa shape index (κ1) is 13.0. The van der Waals surface area contributed by atoms with Gasteiger partial charge in [-0.15, -0.1) is 11.3 Å². The average Bonchev–Trinajstić information content (AvgIpc) is 2.95. The monoisotopic (exact) mass is 286 g/mol. The van der Waals surface area contributed by atoms with Crippen molar-refractivity contribution in [1.82, 2.24) is 9.97 Å². The van der Waals surface area contributed by atoms with E-state index in [0.717, 1.165) is 13.0 Å². The number of hydrogen-bond donors (Lipinski definition) is 1. The molecule has 0 saturated carbocycles. The molecule has 20 heavy (non-hydrogen) atoms. The summed E-state index contributed by atoms with van der Waals surface area (Å²) in [5.74, 6) is 0.600. The number of nitrogens with zero attached hydrogens (tertiary/aromatic N) is 3. The zero-order chi connectivity index (χ0) is 13.9. The molecular weight excluding hydrogens is 272 g/mol. The van der Waals surface area contributed by atoms with Crippen molar-refractivity contribution < 1.29 is 4.74 Å². The van der Waals surface area contributed by atoms with Crippen molar-refractivity contribution in [1.29, 1.82) is 5.26 Å². The van der Waals surface area contributed by atoms with Gasteiger partial charge in [0.05, 0.1) is 25.0 Å². The minimum atomic E-state index is 0.0116. The number of thiophene rings is 1. The zero-order valence-corrected chi connectivity index (χ0v) is 11.9. The van der Waals surface area contributed by atoms with Crippen LogP contribution in [0.5, 0.6) is 0 Å². The predicted octanol–water partition coefficient (Wildman–Crippen LogP) is 2.52. The molecule has 1 N–H and O–H groups in total. The van der Waals surface area contributed by atoms with Crippen LogP contribution in [-0.4, -0.2) is 22.6 Å². The maximum Gasteiger partial charge on any atom is 0.161 e. The van der Waals surface area contributed by atoms with Gasteiger partial charge in [0.25, 0.3) is 0 Å². The number of aromatic nitrogens is 2. The molecule has 3 rings (SSSR count). The maximum atomic E-state index is 8.84. The van der Waals surface area contributed by atoms with Crippen LogP contribution in [0.1, 0.15) is 29.2 Å². The third-order valence-corrected chi connectivity index (χ3v) is 4.29. The Bertz CT molecular complexity index is 649. The van der Waals surface area contributed by atoms with Crippen LogP contribution in [0.4, 0.5) is 5.82 Å². The number of fused-ring (bicyclic) bond motifs is 1. The molecule has 0 saturated heterocycles. The summed E-state index contributed by atoms with van der Waals surface area (Å²) in [6.45, 7) is 2.80. The molecule has 0 radical (unpaired) electrons. The molecule has 0 aromatic carbocycles. The van der Waals surface area contributed by atoms with Crippen molar-refractivity contribution in [2.75, 3.05) is 11.9 Å². The summed E-state index contributed by atoms with van der Waals surface area (Å²) in [4.78, 5) is 9.58. The van der Waals surface area contributed by atoms with Crippen molar-refractivity contribution in [2.45, 2.75) is 25.5 Å². The molecule has 0 fully saturated rings. The minimum Gasteiger partial charge on any atom is -0.371 e. The van der Waals surface area contributed by atoms with Crippen LogP contribution in [-0.2, 0) is 11.2 Å². The number of hydrogen-bond acceptors (Lipinski definition) is 6. The first-order valence-electron chi connectivity index (χ1n) is 6.44. The highest BCUT2D eigenvalue weighted by atomic mass is 32.1. The largest absolute Gasteiger partial charge is 0.371 e. The van der Waals surface area contributed by atoms with Crippen LogP contribution < -0.4 is 5.32 Å². The van der Waals surface area contributed by atoms with Crippen LogP contribution in [0.25, 0.3) is 0 Å². The summed E-state index contributed by atoms with van der Waals surface area (Å²) >= 11 is 1.78. The van der Waals surface area contributed by atoms with E-state index in [4.69, 9.17) is 10.00 Å². The Kier molecular flexibility index (Phi) is 3.63. The van der Waals surface area contributed by atoms with Crippen molar-refractivity contribution in [2.24, 2.45) is 0 Å². The van der Waals surface area contributed by atoms with E-state index in [1.165, 1.54) is 16.6 Å². The van der Waals surface area contributed by atoms with Gasteiger partial charge in [0, 0.05) is 11.3 Å². The first-order valence-corrected chi connectivity index (χ1v) is 7.32. The number of nitriles is 1. The summed E-state index contributed by atoms with van der Waals surface area (Å²) < 4.78 is 5.88. The molecule has 2 aromatic heterocycles. The Morgan fingerprint density at radius 3 is 3.30 bits per heavy atom. The number of anilines is 1. The molecule has 0 amide bonds. The standard InChI is InChI=1S/C14H14N4OS/c1-9(17-13-8-16-7-10(6-15)18-13)14-11-3-5-20-12(11)2-4-19-14/h3,5,7-9,14H,2,4H2,1H3,(H,17,18). The van der Waals surface area contributed by atoms with E-state index in [2.05, 4.69) is 33.7 Å². The Morgan fingerprint density at radius 2 is 2.45 bits per heavy atom. The van der Waals surface area contributed by atoms with Gasteiger partial charge >= 0.3 is 0 Å². The normalized spacial score (nSPS) is 18.9. The highest BCUT2D eigenvalue weighted by molar-refractivity contribution is 7.10. The summed E-state index contributed by atoms with van der Waals surface area (Å²) in [5, 5.41) is 14.2. The van der Waals surface area contributed by atoms with Gasteiger partial charge in [-0.05, 0) is 23.9 Å². The maximum absolute atomic E-state index is 8.84. The lowest BCUT2D eigenvalue weighted by Gasteiger charge is -2.29. The molecule has 6 heteroatoms. The second-order valence-electron chi connectivity index (χ2n) is 4.67. The van der Waals surface area contributed by atoms with Crippen LogP contribution in [0.15, 0.2) is 23.8 Å². The van der Waals surface area contributed by atoms with E-state index in [1.54, 1.807) is 17.5 Å². The van der Waals surface area contributed by atoms with Gasteiger partial charge in [-0.2, -0.15) is 5.26 Å². The van der Waals surface area contributed by atoms with Gasteiger partial charge in [-0.1, -0.05) is 0 Å². The molecule has 102 valence electrons. The third-order valence-electron chi connectivity index (χ3n) is 3.29. The van der Waals surface area contributed by atoms with Crippen molar-refractivity contribution >= 4 is 17.2 Å². The van der Waals surface area contributed by atoms with Crippen molar-refractivity contribution in [3.05, 3.63) is 40.0 Å². The lowest BCUT2D eigenvalue weighted by molar-refractivity contribution is 0.0339. The Labute approximate surface area is 121 Å². The van der Waals surface area contributed by atoms with E-state index >= 15 is 0 Å². The van der Waals surface area contributed by atoms with E-state index < -0.39 is 0 Å². The Balaban J connectivity index is 1.77. The van der Waals surface area contributed by atoms with E-state index in [9.17, 15) is 0 Å². The van der Waals surface area contributed by atoms with Crippen molar-refractivity contribution in [3.8, 4) is 6.07 Å². The lowest BCUT2D eigenvalue weighted by Crippen LogP contribution is -2.30. The molecular formula is C14H14N4OS. The highest BCUT2D eigenvalue weighted by Crippen LogP contribution is 2.33. The molecule has 0 aliphatic carbocycles. The molecule has 3 heterocycles. The van der Waals surface area contributed by atoms with Gasteiger partial charge in [0.2, 0.25) is 0 Å². The summed E-state index contributed by atoms with van der Waals surface area (Å²) in [5.41, 5.74) is 1.56. The second kappa shape index (κ2) is 5.57.